The first kappa shape index (κ1) is 26.7. The number of pyridine rings is 1. The Balaban J connectivity index is 1.26. The molecule has 1 saturated heterocycles. The number of hydrogen-bond acceptors (Lipinski definition) is 6. The third-order valence-corrected chi connectivity index (χ3v) is 7.46. The highest BCUT2D eigenvalue weighted by atomic mass is 16.5. The van der Waals surface area contributed by atoms with Crippen molar-refractivity contribution in [1.29, 1.82) is 0 Å². The fourth-order valence-corrected chi connectivity index (χ4v) is 5.00. The number of anilines is 2. The molecule has 2 aromatic carbocycles. The van der Waals surface area contributed by atoms with Gasteiger partial charge in [0.05, 0.1) is 11.0 Å². The Kier molecular flexibility index (Phi) is 7.32. The van der Waals surface area contributed by atoms with E-state index in [1.165, 1.54) is 12.0 Å². The van der Waals surface area contributed by atoms with Crippen LogP contribution in [0.25, 0.3) is 11.0 Å². The first-order valence-corrected chi connectivity index (χ1v) is 13.6. The van der Waals surface area contributed by atoms with Gasteiger partial charge in [0.25, 0.3) is 5.91 Å². The smallest absolute Gasteiger partial charge is 0.270 e. The van der Waals surface area contributed by atoms with Gasteiger partial charge in [-0.1, -0.05) is 32.9 Å². The zero-order valence-corrected chi connectivity index (χ0v) is 23.5. The summed E-state index contributed by atoms with van der Waals surface area (Å²) >= 11 is 0. The Bertz CT molecular complexity index is 1480. The maximum Gasteiger partial charge on any atom is 0.270 e. The number of benzene rings is 2. The van der Waals surface area contributed by atoms with Gasteiger partial charge in [0, 0.05) is 43.1 Å². The van der Waals surface area contributed by atoms with Crippen molar-refractivity contribution < 1.29 is 9.53 Å². The van der Waals surface area contributed by atoms with Crippen molar-refractivity contribution in [3.05, 3.63) is 72.1 Å². The van der Waals surface area contributed by atoms with Crippen molar-refractivity contribution in [2.24, 2.45) is 7.05 Å². The van der Waals surface area contributed by atoms with Crippen molar-refractivity contribution >= 4 is 28.6 Å². The average Bonchev–Trinajstić information content (AvgIpc) is 3.46. The lowest BCUT2D eigenvalue weighted by molar-refractivity contribution is 0.0945. The van der Waals surface area contributed by atoms with Crippen molar-refractivity contribution in [3.63, 3.8) is 0 Å². The Morgan fingerprint density at radius 1 is 1.13 bits per heavy atom. The quantitative estimate of drug-likeness (QED) is 0.258. The number of ether oxygens (including phenoxy) is 1. The number of amides is 1. The molecule has 0 aliphatic carbocycles. The molecule has 2 aromatic heterocycles. The average molecular weight is 527 g/mol. The molecular weight excluding hydrogens is 488 g/mol. The highest BCUT2D eigenvalue weighted by Crippen LogP contribution is 2.30. The van der Waals surface area contributed by atoms with E-state index in [-0.39, 0.29) is 16.9 Å². The van der Waals surface area contributed by atoms with E-state index in [2.05, 4.69) is 66.8 Å². The summed E-state index contributed by atoms with van der Waals surface area (Å²) in [5, 5.41) is 9.97. The molecule has 1 atom stereocenters. The van der Waals surface area contributed by atoms with Crippen LogP contribution in [0.4, 0.5) is 11.6 Å². The number of nitrogens with zero attached hydrogens (tertiary/aromatic N) is 3. The minimum Gasteiger partial charge on any atom is -0.457 e. The van der Waals surface area contributed by atoms with Gasteiger partial charge in [0.1, 0.15) is 17.2 Å². The molecule has 1 fully saturated rings. The Morgan fingerprint density at radius 2 is 1.95 bits per heavy atom. The van der Waals surface area contributed by atoms with Gasteiger partial charge >= 0.3 is 0 Å². The number of aryl methyl sites for hydroxylation is 1. The predicted octanol–water partition coefficient (Wildman–Crippen LogP) is 6.06. The third kappa shape index (κ3) is 6.23. The molecule has 0 radical (unpaired) electrons. The lowest BCUT2D eigenvalue weighted by atomic mass is 9.87. The van der Waals surface area contributed by atoms with Gasteiger partial charge in [-0.25, -0.2) is 4.98 Å². The molecule has 3 heterocycles. The molecule has 1 amide bonds. The lowest BCUT2D eigenvalue weighted by Crippen LogP contribution is -2.40. The normalized spacial score (nSPS) is 17.4. The molecule has 1 aliphatic rings. The van der Waals surface area contributed by atoms with Gasteiger partial charge < -0.3 is 25.3 Å². The summed E-state index contributed by atoms with van der Waals surface area (Å²) in [6.07, 6.45) is 4.79. The topological polar surface area (TPSA) is 93.1 Å². The second-order valence-corrected chi connectivity index (χ2v) is 11.7. The molecule has 8 nitrogen and oxygen atoms in total. The van der Waals surface area contributed by atoms with Crippen LogP contribution in [0.3, 0.4) is 0 Å². The van der Waals surface area contributed by atoms with Crippen LogP contribution in [0.15, 0.2) is 60.8 Å². The molecule has 0 bridgehead atoms. The molecule has 1 unspecified atom stereocenters. The first-order chi connectivity index (χ1) is 18.6. The Morgan fingerprint density at radius 3 is 2.72 bits per heavy atom. The molecular formula is C31H38N6O2. The predicted molar refractivity (Wildman–Crippen MR) is 156 cm³/mol. The molecule has 3 N–H and O–H groups in total. The second kappa shape index (κ2) is 10.7. The van der Waals surface area contributed by atoms with Crippen LogP contribution in [0.2, 0.25) is 0 Å². The van der Waals surface area contributed by atoms with E-state index >= 15 is 0 Å². The summed E-state index contributed by atoms with van der Waals surface area (Å²) in [6.45, 7) is 10.5. The molecule has 204 valence electrons. The zero-order chi connectivity index (χ0) is 27.6. The van der Waals surface area contributed by atoms with Crippen LogP contribution >= 0.6 is 0 Å². The molecule has 4 aromatic rings. The molecule has 5 rings (SSSR count). The highest BCUT2D eigenvalue weighted by molar-refractivity contribution is 5.92. The summed E-state index contributed by atoms with van der Waals surface area (Å²) in [7, 11) is 1.99. The maximum atomic E-state index is 12.7. The second-order valence-electron chi connectivity index (χ2n) is 11.7. The van der Waals surface area contributed by atoms with E-state index in [0.717, 1.165) is 42.1 Å². The standard InChI is InChI=1S/C31H38N6O2/c1-30(2,3)21-8-6-9-22(18-21)35-29-36-25-19-23(10-11-27(25)37(29)5)39-24-12-16-32-26(20-24)28(38)33-17-14-31(4)13-7-15-34-31/h6,8-12,16,18-20,34H,7,13-15,17H2,1-5H3,(H,33,38)(H,35,36). The monoisotopic (exact) mass is 526 g/mol. The van der Waals surface area contributed by atoms with Crippen LogP contribution in [0.5, 0.6) is 11.5 Å². The molecule has 8 heteroatoms. The summed E-state index contributed by atoms with van der Waals surface area (Å²) in [4.78, 5) is 21.8. The van der Waals surface area contributed by atoms with Crippen LogP contribution in [0.1, 0.15) is 63.0 Å². The number of carbonyl (C=O) groups is 1. The SMILES string of the molecule is Cn1c(Nc2cccc(C(C)(C)C)c2)nc2cc(Oc3ccnc(C(=O)NCCC4(C)CCCN4)c3)ccc21. The van der Waals surface area contributed by atoms with Crippen LogP contribution < -0.4 is 20.7 Å². The largest absolute Gasteiger partial charge is 0.457 e. The molecule has 1 aliphatic heterocycles. The number of hydrogen-bond donors (Lipinski definition) is 3. The fraction of sp³-hybridized carbons (Fsp3) is 0.387. The van der Waals surface area contributed by atoms with Crippen LogP contribution in [-0.4, -0.2) is 39.1 Å². The van der Waals surface area contributed by atoms with E-state index in [4.69, 9.17) is 9.72 Å². The molecule has 39 heavy (non-hydrogen) atoms. The van der Waals surface area contributed by atoms with Gasteiger partial charge in [-0.3, -0.25) is 9.78 Å². The third-order valence-electron chi connectivity index (χ3n) is 7.46. The minimum atomic E-state index is -0.200. The lowest BCUT2D eigenvalue weighted by Gasteiger charge is -2.24. The van der Waals surface area contributed by atoms with Gasteiger partial charge in [-0.2, -0.15) is 0 Å². The van der Waals surface area contributed by atoms with E-state index in [1.807, 2.05) is 35.9 Å². The van der Waals surface area contributed by atoms with E-state index < -0.39 is 0 Å². The summed E-state index contributed by atoms with van der Waals surface area (Å²) in [6, 6.07) is 17.6. The fourth-order valence-electron chi connectivity index (χ4n) is 5.00. The Hall–Kier alpha value is -3.91. The number of nitrogens with one attached hydrogen (secondary N) is 3. The maximum absolute atomic E-state index is 12.7. The van der Waals surface area contributed by atoms with Crippen molar-refractivity contribution in [2.75, 3.05) is 18.4 Å². The van der Waals surface area contributed by atoms with Crippen LogP contribution in [0, 0.1) is 0 Å². The zero-order valence-electron chi connectivity index (χ0n) is 23.5. The van der Waals surface area contributed by atoms with Crippen molar-refractivity contribution in [1.82, 2.24) is 25.2 Å². The Labute approximate surface area is 230 Å². The van der Waals surface area contributed by atoms with Gasteiger partial charge in [0.2, 0.25) is 5.95 Å². The van der Waals surface area contributed by atoms with E-state index in [1.54, 1.807) is 18.3 Å². The van der Waals surface area contributed by atoms with E-state index in [9.17, 15) is 4.79 Å². The number of aromatic nitrogens is 3. The number of carbonyl (C=O) groups excluding carboxylic acids is 1. The van der Waals surface area contributed by atoms with Crippen molar-refractivity contribution in [2.45, 2.75) is 57.9 Å². The number of rotatable bonds is 8. The number of fused-ring (bicyclic) bond motifs is 1. The van der Waals surface area contributed by atoms with Crippen LogP contribution in [-0.2, 0) is 12.5 Å². The minimum absolute atomic E-state index is 0.0645. The van der Waals surface area contributed by atoms with Gasteiger partial charge in [0.15, 0.2) is 0 Å². The molecule has 0 saturated carbocycles. The van der Waals surface area contributed by atoms with Crippen molar-refractivity contribution in [3.8, 4) is 11.5 Å². The van der Waals surface area contributed by atoms with Gasteiger partial charge in [-0.15, -0.1) is 0 Å². The summed E-state index contributed by atoms with van der Waals surface area (Å²) in [5.41, 5.74) is 4.54. The highest BCUT2D eigenvalue weighted by Gasteiger charge is 2.27. The number of imidazole rings is 1. The summed E-state index contributed by atoms with van der Waals surface area (Å²) in [5.74, 6) is 1.73. The van der Waals surface area contributed by atoms with Gasteiger partial charge in [-0.05, 0) is 74.0 Å². The summed E-state index contributed by atoms with van der Waals surface area (Å²) < 4.78 is 8.13. The van der Waals surface area contributed by atoms with E-state index in [0.29, 0.717) is 23.7 Å². The molecule has 0 spiro atoms. The first-order valence-electron chi connectivity index (χ1n) is 13.6.